The van der Waals surface area contributed by atoms with Crippen LogP contribution < -0.4 is 0 Å². The second-order valence-corrected chi connectivity index (χ2v) is 22.3. The van der Waals surface area contributed by atoms with E-state index < -0.39 is 6.10 Å². The van der Waals surface area contributed by atoms with Gasteiger partial charge in [0.05, 0.1) is 0 Å². The Hall–Kier alpha value is -3.93. The molecule has 0 fully saturated rings. The highest BCUT2D eigenvalue weighted by Gasteiger charge is 2.19. The normalized spacial score (nSPS) is 12.8. The highest BCUT2D eigenvalue weighted by atomic mass is 16.6. The van der Waals surface area contributed by atoms with E-state index in [0.717, 1.165) is 116 Å². The minimum atomic E-state index is -0.779. The lowest BCUT2D eigenvalue weighted by molar-refractivity contribution is -0.167. The van der Waals surface area contributed by atoms with E-state index in [2.05, 4.69) is 130 Å². The number of carbonyl (C=O) groups excluding carboxylic acids is 3. The molecule has 458 valence electrons. The molecule has 0 aromatic carbocycles. The fourth-order valence-corrected chi connectivity index (χ4v) is 9.52. The molecule has 0 aliphatic heterocycles. The van der Waals surface area contributed by atoms with Gasteiger partial charge in [0.15, 0.2) is 6.10 Å². The van der Waals surface area contributed by atoms with Gasteiger partial charge in [0.2, 0.25) is 0 Å². The first-order valence-electron chi connectivity index (χ1n) is 33.9. The molecule has 0 aliphatic carbocycles. The molecule has 0 N–H and O–H groups in total. The van der Waals surface area contributed by atoms with Gasteiger partial charge in [-0.05, 0) is 103 Å². The lowest BCUT2D eigenvalue weighted by atomic mass is 10.0. The quantitative estimate of drug-likeness (QED) is 0.0261. The fraction of sp³-hybridized carbons (Fsp3) is 0.716. The van der Waals surface area contributed by atoms with Crippen molar-refractivity contribution in [2.75, 3.05) is 13.2 Å². The van der Waals surface area contributed by atoms with Crippen molar-refractivity contribution < 1.29 is 28.6 Å². The molecule has 6 nitrogen and oxygen atoms in total. The number of unbranched alkanes of at least 4 members (excludes halogenated alkanes) is 32. The van der Waals surface area contributed by atoms with Gasteiger partial charge >= 0.3 is 17.9 Å². The third-order valence-electron chi connectivity index (χ3n) is 14.5. The van der Waals surface area contributed by atoms with Crippen LogP contribution in [-0.2, 0) is 28.6 Å². The number of rotatable bonds is 61. The van der Waals surface area contributed by atoms with Crippen molar-refractivity contribution >= 4 is 17.9 Å². The van der Waals surface area contributed by atoms with E-state index in [-0.39, 0.29) is 31.1 Å². The average Bonchev–Trinajstić information content (AvgIpc) is 3.46. The zero-order chi connectivity index (χ0) is 57.8. The van der Waals surface area contributed by atoms with E-state index in [1.54, 1.807) is 0 Å². The second kappa shape index (κ2) is 67.6. The van der Waals surface area contributed by atoms with Crippen molar-refractivity contribution in [2.45, 2.75) is 329 Å². The summed E-state index contributed by atoms with van der Waals surface area (Å²) in [6.07, 6.45) is 92.7. The average molecular weight is 1110 g/mol. The number of ether oxygens (including phenoxy) is 3. The Morgan fingerprint density at radius 1 is 0.263 bits per heavy atom. The SMILES string of the molecule is CC/C=C\C/C=C\C/C=C\C/C=C\C/C=C\CCCCCCCCCCCCCCCCCC(=O)OCC(COC(=O)CCCCCCCCCC)OC(=O)CCCCCCCCCCCC/C=C\C/C=C\C/C=C\C/C=C\CC. The van der Waals surface area contributed by atoms with Crippen LogP contribution >= 0.6 is 0 Å². The molecule has 0 saturated carbocycles. The lowest BCUT2D eigenvalue weighted by Crippen LogP contribution is -2.30. The maximum Gasteiger partial charge on any atom is 0.306 e. The molecule has 0 bridgehead atoms. The molecule has 6 heteroatoms. The molecule has 0 aromatic heterocycles. The maximum absolute atomic E-state index is 12.9. The van der Waals surface area contributed by atoms with Crippen molar-refractivity contribution in [3.05, 3.63) is 109 Å². The van der Waals surface area contributed by atoms with E-state index in [0.29, 0.717) is 19.3 Å². The molecule has 80 heavy (non-hydrogen) atoms. The number of hydrogen-bond acceptors (Lipinski definition) is 6. The van der Waals surface area contributed by atoms with Gasteiger partial charge in [-0.2, -0.15) is 0 Å². The summed E-state index contributed by atoms with van der Waals surface area (Å²) in [4.78, 5) is 38.2. The molecule has 1 atom stereocenters. The predicted octanol–water partition coefficient (Wildman–Crippen LogP) is 23.4. The minimum absolute atomic E-state index is 0.0766. The molecular formula is C74H126O6. The number of esters is 3. The maximum atomic E-state index is 12.9. The van der Waals surface area contributed by atoms with Crippen molar-refractivity contribution in [2.24, 2.45) is 0 Å². The summed E-state index contributed by atoms with van der Waals surface area (Å²) in [5.41, 5.74) is 0. The molecular weight excluding hydrogens is 985 g/mol. The van der Waals surface area contributed by atoms with Gasteiger partial charge in [0.25, 0.3) is 0 Å². The summed E-state index contributed by atoms with van der Waals surface area (Å²) < 4.78 is 16.9. The zero-order valence-electron chi connectivity index (χ0n) is 52.6. The van der Waals surface area contributed by atoms with E-state index >= 15 is 0 Å². The van der Waals surface area contributed by atoms with Gasteiger partial charge in [-0.3, -0.25) is 14.4 Å². The topological polar surface area (TPSA) is 78.9 Å². The summed E-state index contributed by atoms with van der Waals surface area (Å²) in [6.45, 7) is 6.41. The molecule has 0 saturated heterocycles. The summed E-state index contributed by atoms with van der Waals surface area (Å²) in [5.74, 6) is -0.874. The van der Waals surface area contributed by atoms with Crippen molar-refractivity contribution in [1.82, 2.24) is 0 Å². The van der Waals surface area contributed by atoms with E-state index in [9.17, 15) is 14.4 Å². The number of allylic oxidation sites excluding steroid dienone is 18. The van der Waals surface area contributed by atoms with Gasteiger partial charge < -0.3 is 14.2 Å². The molecule has 0 amide bonds. The van der Waals surface area contributed by atoms with Crippen LogP contribution in [0.4, 0.5) is 0 Å². The highest BCUT2D eigenvalue weighted by molar-refractivity contribution is 5.71. The fourth-order valence-electron chi connectivity index (χ4n) is 9.52. The van der Waals surface area contributed by atoms with Crippen LogP contribution in [-0.4, -0.2) is 37.2 Å². The Bertz CT molecular complexity index is 1610. The van der Waals surface area contributed by atoms with Crippen molar-refractivity contribution in [3.63, 3.8) is 0 Å². The van der Waals surface area contributed by atoms with Crippen LogP contribution in [0.3, 0.4) is 0 Å². The monoisotopic (exact) mass is 1110 g/mol. The molecule has 0 aromatic rings. The molecule has 0 aliphatic rings. The summed E-state index contributed by atoms with van der Waals surface area (Å²) in [5, 5.41) is 0. The van der Waals surface area contributed by atoms with Crippen LogP contribution in [0.25, 0.3) is 0 Å². The predicted molar refractivity (Wildman–Crippen MR) is 348 cm³/mol. The Labute approximate surface area is 495 Å². The van der Waals surface area contributed by atoms with Crippen molar-refractivity contribution in [1.29, 1.82) is 0 Å². The zero-order valence-corrected chi connectivity index (χ0v) is 52.6. The first kappa shape index (κ1) is 76.1. The van der Waals surface area contributed by atoms with Crippen LogP contribution in [0.1, 0.15) is 323 Å². The van der Waals surface area contributed by atoms with E-state index in [4.69, 9.17) is 14.2 Å². The summed E-state index contributed by atoms with van der Waals surface area (Å²) in [6, 6.07) is 0. The molecule has 0 radical (unpaired) electrons. The molecule has 0 heterocycles. The summed E-state index contributed by atoms with van der Waals surface area (Å²) in [7, 11) is 0. The van der Waals surface area contributed by atoms with Gasteiger partial charge in [-0.25, -0.2) is 0 Å². The first-order chi connectivity index (χ1) is 39.5. The van der Waals surface area contributed by atoms with E-state index in [1.165, 1.54) is 167 Å². The molecule has 0 spiro atoms. The van der Waals surface area contributed by atoms with E-state index in [1.807, 2.05) is 0 Å². The Kier molecular flexibility index (Phi) is 64.3. The Morgan fingerprint density at radius 2 is 0.487 bits per heavy atom. The number of hydrogen-bond donors (Lipinski definition) is 0. The Morgan fingerprint density at radius 3 is 0.762 bits per heavy atom. The standard InChI is InChI=1S/C74H126O6/c1-4-7-10-13-16-19-21-23-25-27-29-31-33-34-35-36-37-38-39-40-42-43-45-47-49-51-53-55-58-61-64-67-73(76)79-70-71(69-78-72(75)66-63-60-57-18-15-12-9-6-3)80-74(77)68-65-62-59-56-54-52-50-48-46-44-41-32-30-28-26-24-22-20-17-14-11-8-5-2/h7-8,10-11,16-17,19-20,23-26,29-32,34-35,71H,4-6,9,12-15,18,21-22,27-28,33,36-70H2,1-3H3/b10-7-,11-8-,19-16-,20-17-,25-23-,26-24-,31-29-,32-30-,35-34-. The van der Waals surface area contributed by atoms with Gasteiger partial charge in [0.1, 0.15) is 13.2 Å². The molecule has 1 unspecified atom stereocenters. The van der Waals surface area contributed by atoms with Gasteiger partial charge in [0, 0.05) is 19.3 Å². The minimum Gasteiger partial charge on any atom is -0.462 e. The first-order valence-corrected chi connectivity index (χ1v) is 33.9. The summed E-state index contributed by atoms with van der Waals surface area (Å²) >= 11 is 0. The highest BCUT2D eigenvalue weighted by Crippen LogP contribution is 2.17. The number of carbonyl (C=O) groups is 3. The largest absolute Gasteiger partial charge is 0.462 e. The lowest BCUT2D eigenvalue weighted by Gasteiger charge is -2.18. The van der Waals surface area contributed by atoms with Crippen molar-refractivity contribution in [3.8, 4) is 0 Å². The second-order valence-electron chi connectivity index (χ2n) is 22.3. The van der Waals surface area contributed by atoms with Crippen LogP contribution in [0, 0.1) is 0 Å². The van der Waals surface area contributed by atoms with Gasteiger partial charge in [-0.1, -0.05) is 310 Å². The van der Waals surface area contributed by atoms with Crippen LogP contribution in [0.15, 0.2) is 109 Å². The third kappa shape index (κ3) is 64.9. The van der Waals surface area contributed by atoms with Crippen LogP contribution in [0.2, 0.25) is 0 Å². The van der Waals surface area contributed by atoms with Gasteiger partial charge in [-0.15, -0.1) is 0 Å². The Balaban J connectivity index is 4.12. The molecule has 0 rings (SSSR count). The smallest absolute Gasteiger partial charge is 0.306 e. The third-order valence-corrected chi connectivity index (χ3v) is 14.5. The van der Waals surface area contributed by atoms with Crippen LogP contribution in [0.5, 0.6) is 0 Å².